The lowest BCUT2D eigenvalue weighted by atomic mass is 10.0. The van der Waals surface area contributed by atoms with Gasteiger partial charge >= 0.3 is 6.09 Å². The number of hydrogen-bond acceptors (Lipinski definition) is 4. The van der Waals surface area contributed by atoms with Crippen LogP contribution in [0.3, 0.4) is 0 Å². The maximum atomic E-state index is 12.9. The van der Waals surface area contributed by atoms with Gasteiger partial charge in [0.15, 0.2) is 5.96 Å². The first kappa shape index (κ1) is 24.6. The van der Waals surface area contributed by atoms with Gasteiger partial charge in [-0.2, -0.15) is 0 Å². The van der Waals surface area contributed by atoms with Crippen LogP contribution in [0.2, 0.25) is 0 Å². The lowest BCUT2D eigenvalue weighted by Crippen LogP contribution is -2.52. The molecule has 3 rings (SSSR count). The zero-order valence-electron chi connectivity index (χ0n) is 20.5. The molecule has 0 aromatic carbocycles. The number of guanidine groups is 1. The molecule has 1 saturated heterocycles. The zero-order chi connectivity index (χ0) is 23.1. The molecule has 0 bridgehead atoms. The number of carbonyl (C=O) groups excluding carboxylic acids is 2. The van der Waals surface area contributed by atoms with Crippen molar-refractivity contribution in [1.82, 2.24) is 20.4 Å². The minimum absolute atomic E-state index is 0.145. The number of hydrogen-bond donors (Lipinski definition) is 2. The second kappa shape index (κ2) is 11.2. The summed E-state index contributed by atoms with van der Waals surface area (Å²) >= 11 is 0. The van der Waals surface area contributed by atoms with E-state index in [4.69, 9.17) is 9.73 Å². The van der Waals surface area contributed by atoms with Crippen LogP contribution in [0.25, 0.3) is 0 Å². The van der Waals surface area contributed by atoms with Crippen molar-refractivity contribution in [2.75, 3.05) is 32.7 Å². The molecule has 3 fully saturated rings. The summed E-state index contributed by atoms with van der Waals surface area (Å²) in [7, 11) is 0. The van der Waals surface area contributed by atoms with Gasteiger partial charge in [0, 0.05) is 51.2 Å². The molecule has 2 saturated carbocycles. The van der Waals surface area contributed by atoms with E-state index in [9.17, 15) is 9.59 Å². The van der Waals surface area contributed by atoms with Crippen LogP contribution in [0, 0.1) is 5.92 Å². The van der Waals surface area contributed by atoms with Crippen molar-refractivity contribution in [2.24, 2.45) is 10.9 Å². The fraction of sp³-hybridized carbons (Fsp3) is 0.875. The van der Waals surface area contributed by atoms with Crippen LogP contribution in [0.4, 0.5) is 4.79 Å². The highest BCUT2D eigenvalue weighted by atomic mass is 16.6. The number of aliphatic imine (C=N–C) groups is 1. The Hall–Kier alpha value is -1.99. The van der Waals surface area contributed by atoms with E-state index in [1.807, 2.05) is 25.7 Å². The van der Waals surface area contributed by atoms with Gasteiger partial charge in [-0.1, -0.05) is 0 Å². The molecule has 1 heterocycles. The summed E-state index contributed by atoms with van der Waals surface area (Å²) in [5.74, 6) is 1.70. The summed E-state index contributed by atoms with van der Waals surface area (Å²) in [6.45, 7) is 11.9. The minimum atomic E-state index is -0.472. The van der Waals surface area contributed by atoms with E-state index in [1.165, 1.54) is 12.8 Å². The smallest absolute Gasteiger partial charge is 0.410 e. The van der Waals surface area contributed by atoms with Gasteiger partial charge in [0.05, 0.1) is 0 Å². The third-order valence-corrected chi connectivity index (χ3v) is 6.09. The van der Waals surface area contributed by atoms with Crippen molar-refractivity contribution in [1.29, 1.82) is 0 Å². The second-order valence-electron chi connectivity index (χ2n) is 10.5. The summed E-state index contributed by atoms with van der Waals surface area (Å²) in [4.78, 5) is 33.8. The molecule has 0 atom stereocenters. The van der Waals surface area contributed by atoms with Gasteiger partial charge in [0.25, 0.3) is 0 Å². The van der Waals surface area contributed by atoms with Crippen LogP contribution < -0.4 is 10.6 Å². The van der Waals surface area contributed by atoms with Crippen molar-refractivity contribution in [3.8, 4) is 0 Å². The summed E-state index contributed by atoms with van der Waals surface area (Å²) in [6, 6.07) is 0.639. The number of amides is 2. The molecule has 1 aliphatic heterocycles. The normalized spacial score (nSPS) is 20.1. The van der Waals surface area contributed by atoms with Crippen LogP contribution in [-0.2, 0) is 9.53 Å². The topological polar surface area (TPSA) is 86.3 Å². The Balaban J connectivity index is 1.48. The summed E-state index contributed by atoms with van der Waals surface area (Å²) in [5.41, 5.74) is -0.472. The number of carbonyl (C=O) groups is 2. The van der Waals surface area contributed by atoms with Gasteiger partial charge in [-0.25, -0.2) is 4.79 Å². The quantitative estimate of drug-likeness (QED) is 0.321. The Morgan fingerprint density at radius 3 is 2.34 bits per heavy atom. The second-order valence-corrected chi connectivity index (χ2v) is 10.5. The predicted molar refractivity (Wildman–Crippen MR) is 127 cm³/mol. The number of nitrogens with one attached hydrogen (secondary N) is 2. The Labute approximate surface area is 193 Å². The van der Waals surface area contributed by atoms with E-state index in [1.54, 1.807) is 0 Å². The fourth-order valence-electron chi connectivity index (χ4n) is 4.04. The van der Waals surface area contributed by atoms with E-state index in [2.05, 4.69) is 22.5 Å². The van der Waals surface area contributed by atoms with E-state index in [0.29, 0.717) is 24.9 Å². The van der Waals surface area contributed by atoms with Gasteiger partial charge in [0.2, 0.25) is 5.91 Å². The molecule has 0 aromatic heterocycles. The molecule has 32 heavy (non-hydrogen) atoms. The number of piperidine rings is 1. The average molecular weight is 450 g/mol. The van der Waals surface area contributed by atoms with Crippen molar-refractivity contribution in [2.45, 2.75) is 96.7 Å². The first-order valence-electron chi connectivity index (χ1n) is 12.6. The Bertz CT molecular complexity index is 659. The highest BCUT2D eigenvalue weighted by Gasteiger charge is 2.35. The highest BCUT2D eigenvalue weighted by molar-refractivity contribution is 5.80. The zero-order valence-corrected chi connectivity index (χ0v) is 20.5. The Morgan fingerprint density at radius 1 is 1.09 bits per heavy atom. The summed E-state index contributed by atoms with van der Waals surface area (Å²) in [5, 5.41) is 6.42. The third kappa shape index (κ3) is 8.51. The number of rotatable bonds is 9. The molecule has 0 aromatic rings. The molecule has 0 unspecified atom stereocenters. The molecule has 0 radical (unpaired) electrons. The number of nitrogens with zero attached hydrogens (tertiary/aromatic N) is 3. The van der Waals surface area contributed by atoms with Gasteiger partial charge in [-0.05, 0) is 78.6 Å². The standard InChI is InChI=1S/C24H43N5O3/c1-5-25-22(26-14-6-7-21(30)27-19-10-11-19)28-15-12-20(13-16-28)29(17-18-8-9-18)23(31)32-24(2,3)4/h18-20H,5-17H2,1-4H3,(H,25,26)(H,27,30). The highest BCUT2D eigenvalue weighted by Crippen LogP contribution is 2.32. The number of likely N-dealkylation sites (tertiary alicyclic amines) is 1. The molecule has 3 aliphatic rings. The minimum Gasteiger partial charge on any atom is -0.444 e. The molecule has 8 heteroatoms. The van der Waals surface area contributed by atoms with Crippen molar-refractivity contribution in [3.63, 3.8) is 0 Å². The van der Waals surface area contributed by atoms with Gasteiger partial charge in [-0.15, -0.1) is 0 Å². The molecular formula is C24H43N5O3. The monoisotopic (exact) mass is 449 g/mol. The van der Waals surface area contributed by atoms with Crippen molar-refractivity contribution in [3.05, 3.63) is 0 Å². The molecule has 0 spiro atoms. The van der Waals surface area contributed by atoms with Gasteiger partial charge in [0.1, 0.15) is 5.60 Å². The van der Waals surface area contributed by atoms with Gasteiger partial charge < -0.3 is 25.2 Å². The predicted octanol–water partition coefficient (Wildman–Crippen LogP) is 3.12. The van der Waals surface area contributed by atoms with E-state index in [-0.39, 0.29) is 18.0 Å². The molecule has 8 nitrogen and oxygen atoms in total. The van der Waals surface area contributed by atoms with Crippen LogP contribution >= 0.6 is 0 Å². The first-order chi connectivity index (χ1) is 15.2. The molecule has 2 amide bonds. The SMILES string of the molecule is CCNC(=NCCCC(=O)NC1CC1)N1CCC(N(CC2CC2)C(=O)OC(C)(C)C)CC1. The lowest BCUT2D eigenvalue weighted by molar-refractivity contribution is -0.121. The van der Waals surface area contributed by atoms with Crippen LogP contribution in [0.1, 0.15) is 79.1 Å². The fourth-order valence-corrected chi connectivity index (χ4v) is 4.04. The molecule has 182 valence electrons. The van der Waals surface area contributed by atoms with Gasteiger partial charge in [-0.3, -0.25) is 9.79 Å². The maximum absolute atomic E-state index is 12.9. The maximum Gasteiger partial charge on any atom is 0.410 e. The average Bonchev–Trinajstić information content (AvgIpc) is 3.64. The van der Waals surface area contributed by atoms with Crippen LogP contribution in [-0.4, -0.2) is 78.2 Å². The summed E-state index contributed by atoms with van der Waals surface area (Å²) < 4.78 is 5.71. The van der Waals surface area contributed by atoms with E-state index < -0.39 is 5.60 Å². The lowest BCUT2D eigenvalue weighted by Gasteiger charge is -2.40. The molecule has 2 N–H and O–H groups in total. The van der Waals surface area contributed by atoms with E-state index >= 15 is 0 Å². The van der Waals surface area contributed by atoms with E-state index in [0.717, 1.165) is 64.2 Å². The Morgan fingerprint density at radius 2 is 1.78 bits per heavy atom. The largest absolute Gasteiger partial charge is 0.444 e. The van der Waals surface area contributed by atoms with Crippen LogP contribution in [0.15, 0.2) is 4.99 Å². The number of ether oxygens (including phenoxy) is 1. The van der Waals surface area contributed by atoms with Crippen molar-refractivity contribution >= 4 is 18.0 Å². The third-order valence-electron chi connectivity index (χ3n) is 6.09. The summed E-state index contributed by atoms with van der Waals surface area (Å²) in [6.07, 6.45) is 7.63. The Kier molecular flexibility index (Phi) is 8.65. The van der Waals surface area contributed by atoms with Crippen LogP contribution in [0.5, 0.6) is 0 Å². The molecule has 2 aliphatic carbocycles. The van der Waals surface area contributed by atoms with Crippen molar-refractivity contribution < 1.29 is 14.3 Å². The molecular weight excluding hydrogens is 406 g/mol. The first-order valence-corrected chi connectivity index (χ1v) is 12.6.